The van der Waals surface area contributed by atoms with E-state index in [0.717, 1.165) is 11.5 Å². The van der Waals surface area contributed by atoms with Crippen LogP contribution in [0.15, 0.2) is 36.7 Å². The first kappa shape index (κ1) is 9.08. The Balaban J connectivity index is 2.11. The van der Waals surface area contributed by atoms with Crippen LogP contribution >= 0.6 is 12.8 Å². The highest BCUT2D eigenvalue weighted by atomic mass is 32.1. The van der Waals surface area contributed by atoms with Crippen molar-refractivity contribution in [2.24, 2.45) is 0 Å². The van der Waals surface area contributed by atoms with Crippen molar-refractivity contribution in [2.75, 3.05) is 4.72 Å². The summed E-state index contributed by atoms with van der Waals surface area (Å²) < 4.78 is 4.48. The molecular weight excluding hydrogens is 196 g/mol. The molecule has 5 heteroatoms. The van der Waals surface area contributed by atoms with Crippen LogP contribution in [0.2, 0.25) is 0 Å². The van der Waals surface area contributed by atoms with Gasteiger partial charge in [-0.1, -0.05) is 18.9 Å². The van der Waals surface area contributed by atoms with Gasteiger partial charge in [-0.25, -0.2) is 0 Å². The van der Waals surface area contributed by atoms with E-state index in [0.29, 0.717) is 6.54 Å². The fraction of sp³-hybridized carbons (Fsp3) is 0.111. The van der Waals surface area contributed by atoms with E-state index >= 15 is 0 Å². The van der Waals surface area contributed by atoms with E-state index in [4.69, 9.17) is 0 Å². The molecule has 72 valence electrons. The number of hydrogen-bond acceptors (Lipinski definition) is 4. The first-order valence-electron chi connectivity index (χ1n) is 4.22. The summed E-state index contributed by atoms with van der Waals surface area (Å²) in [6.45, 7) is 0.677. The molecule has 2 aromatic heterocycles. The Labute approximate surface area is 87.5 Å². The first-order chi connectivity index (χ1) is 6.88. The van der Waals surface area contributed by atoms with Crippen LogP contribution in [-0.2, 0) is 6.54 Å². The number of nitrogens with one attached hydrogen (secondary N) is 1. The Morgan fingerprint density at radius 3 is 2.93 bits per heavy atom. The topological polar surface area (TPSA) is 42.7 Å². The number of nitrogens with zero attached hydrogens (tertiary/aromatic N) is 3. The van der Waals surface area contributed by atoms with Crippen molar-refractivity contribution >= 4 is 18.6 Å². The van der Waals surface area contributed by atoms with Gasteiger partial charge in [-0.2, -0.15) is 5.10 Å². The summed E-state index contributed by atoms with van der Waals surface area (Å²) in [6.07, 6.45) is 3.66. The highest BCUT2D eigenvalue weighted by Crippen LogP contribution is 2.04. The zero-order valence-electron chi connectivity index (χ0n) is 7.46. The minimum absolute atomic E-state index is 0.677. The van der Waals surface area contributed by atoms with Gasteiger partial charge in [-0.15, -0.1) is 0 Å². The third-order valence-electron chi connectivity index (χ3n) is 1.81. The van der Waals surface area contributed by atoms with Crippen LogP contribution in [-0.4, -0.2) is 14.8 Å². The summed E-state index contributed by atoms with van der Waals surface area (Å²) in [7, 11) is 0. The number of anilines is 1. The Morgan fingerprint density at radius 1 is 1.36 bits per heavy atom. The molecule has 0 aliphatic rings. The van der Waals surface area contributed by atoms with E-state index in [1.165, 1.54) is 0 Å². The number of aromatic nitrogens is 3. The number of rotatable bonds is 3. The van der Waals surface area contributed by atoms with Crippen LogP contribution in [0.5, 0.6) is 0 Å². The van der Waals surface area contributed by atoms with E-state index in [1.54, 1.807) is 10.9 Å². The third kappa shape index (κ3) is 2.05. The van der Waals surface area contributed by atoms with E-state index in [9.17, 15) is 0 Å². The summed E-state index contributed by atoms with van der Waals surface area (Å²) >= 11 is 3.91. The molecule has 14 heavy (non-hydrogen) atoms. The molecule has 0 amide bonds. The Bertz CT molecular complexity index is 398. The average molecular weight is 206 g/mol. The van der Waals surface area contributed by atoms with Crippen molar-refractivity contribution in [3.63, 3.8) is 0 Å². The Morgan fingerprint density at radius 2 is 2.29 bits per heavy atom. The zero-order valence-corrected chi connectivity index (χ0v) is 8.35. The summed E-state index contributed by atoms with van der Waals surface area (Å²) in [4.78, 5) is 4.21. The van der Waals surface area contributed by atoms with Gasteiger partial charge in [-0.05, 0) is 12.1 Å². The molecule has 0 aliphatic carbocycles. The molecule has 0 spiro atoms. The fourth-order valence-corrected chi connectivity index (χ4v) is 1.29. The lowest BCUT2D eigenvalue weighted by molar-refractivity contribution is 0.676. The molecule has 0 unspecified atom stereocenters. The summed E-state index contributed by atoms with van der Waals surface area (Å²) in [5.74, 6) is 0.740. The van der Waals surface area contributed by atoms with Crippen molar-refractivity contribution < 1.29 is 0 Å². The summed E-state index contributed by atoms with van der Waals surface area (Å²) in [5, 5.41) is 4.21. The molecule has 2 heterocycles. The Kier molecular flexibility index (Phi) is 2.69. The lowest BCUT2D eigenvalue weighted by Gasteiger charge is -1.99. The molecule has 0 saturated heterocycles. The van der Waals surface area contributed by atoms with Gasteiger partial charge in [0, 0.05) is 18.5 Å². The SMILES string of the molecule is SNc1ccn(Cc2ccccn2)n1. The lowest BCUT2D eigenvalue weighted by Crippen LogP contribution is -2.02. The maximum absolute atomic E-state index is 4.21. The number of hydrogen-bond donors (Lipinski definition) is 2. The highest BCUT2D eigenvalue weighted by Gasteiger charge is 1.98. The summed E-state index contributed by atoms with van der Waals surface area (Å²) in [5.41, 5.74) is 0.987. The second kappa shape index (κ2) is 4.15. The van der Waals surface area contributed by atoms with Crippen LogP contribution in [0.1, 0.15) is 5.69 Å². The van der Waals surface area contributed by atoms with Gasteiger partial charge in [0.15, 0.2) is 5.82 Å². The minimum atomic E-state index is 0.677. The second-order valence-corrected chi connectivity index (χ2v) is 3.06. The molecule has 1 N–H and O–H groups in total. The quantitative estimate of drug-likeness (QED) is 0.749. The minimum Gasteiger partial charge on any atom is -0.316 e. The second-order valence-electron chi connectivity index (χ2n) is 2.83. The van der Waals surface area contributed by atoms with Gasteiger partial charge < -0.3 is 4.72 Å². The maximum atomic E-state index is 4.21. The predicted octanol–water partition coefficient (Wildman–Crippen LogP) is 1.58. The van der Waals surface area contributed by atoms with Crippen LogP contribution in [0.25, 0.3) is 0 Å². The van der Waals surface area contributed by atoms with Crippen LogP contribution in [0, 0.1) is 0 Å². The zero-order chi connectivity index (χ0) is 9.80. The van der Waals surface area contributed by atoms with Crippen LogP contribution < -0.4 is 4.72 Å². The largest absolute Gasteiger partial charge is 0.316 e. The van der Waals surface area contributed by atoms with Gasteiger partial charge in [-0.3, -0.25) is 9.67 Å². The van der Waals surface area contributed by atoms with Crippen molar-refractivity contribution in [1.29, 1.82) is 0 Å². The summed E-state index contributed by atoms with van der Waals surface area (Å²) in [6, 6.07) is 7.68. The van der Waals surface area contributed by atoms with Gasteiger partial charge in [0.1, 0.15) is 0 Å². The molecule has 0 bridgehead atoms. The lowest BCUT2D eigenvalue weighted by atomic mass is 10.3. The fourth-order valence-electron chi connectivity index (χ4n) is 1.17. The van der Waals surface area contributed by atoms with Crippen LogP contribution in [0.3, 0.4) is 0 Å². The standard InChI is InChI=1S/C9H10N4S/c14-12-9-4-6-13(11-9)7-8-3-1-2-5-10-8/h1-6,14H,7H2,(H,11,12). The Hall–Kier alpha value is -1.49. The van der Waals surface area contributed by atoms with Crippen molar-refractivity contribution in [3.8, 4) is 0 Å². The number of pyridine rings is 1. The molecule has 0 saturated carbocycles. The molecular formula is C9H10N4S. The van der Waals surface area contributed by atoms with Gasteiger partial charge in [0.25, 0.3) is 0 Å². The van der Waals surface area contributed by atoms with Crippen molar-refractivity contribution in [3.05, 3.63) is 42.4 Å². The smallest absolute Gasteiger partial charge is 0.157 e. The predicted molar refractivity (Wildman–Crippen MR) is 58.2 cm³/mol. The van der Waals surface area contributed by atoms with Gasteiger partial charge in [0.2, 0.25) is 0 Å². The number of thiol groups is 1. The van der Waals surface area contributed by atoms with Gasteiger partial charge in [0.05, 0.1) is 12.2 Å². The normalized spacial score (nSPS) is 10.1. The molecule has 2 aromatic rings. The van der Waals surface area contributed by atoms with Crippen molar-refractivity contribution in [2.45, 2.75) is 6.54 Å². The monoisotopic (exact) mass is 206 g/mol. The molecule has 2 rings (SSSR count). The van der Waals surface area contributed by atoms with Gasteiger partial charge >= 0.3 is 0 Å². The molecule has 0 fully saturated rings. The molecule has 0 aromatic carbocycles. The van der Waals surface area contributed by atoms with Crippen molar-refractivity contribution in [1.82, 2.24) is 14.8 Å². The van der Waals surface area contributed by atoms with E-state index in [1.807, 2.05) is 30.5 Å². The molecule has 0 aliphatic heterocycles. The maximum Gasteiger partial charge on any atom is 0.157 e. The highest BCUT2D eigenvalue weighted by molar-refractivity contribution is 7.81. The van der Waals surface area contributed by atoms with Crippen LogP contribution in [0.4, 0.5) is 5.82 Å². The third-order valence-corrected chi connectivity index (χ3v) is 2.03. The van der Waals surface area contributed by atoms with E-state index in [-0.39, 0.29) is 0 Å². The van der Waals surface area contributed by atoms with E-state index in [2.05, 4.69) is 27.6 Å². The first-order valence-corrected chi connectivity index (χ1v) is 4.66. The average Bonchev–Trinajstić information content (AvgIpc) is 2.67. The molecule has 0 atom stereocenters. The molecule has 4 nitrogen and oxygen atoms in total. The van der Waals surface area contributed by atoms with E-state index < -0.39 is 0 Å². The molecule has 0 radical (unpaired) electrons.